The quantitative estimate of drug-likeness (QED) is 0.846. The Morgan fingerprint density at radius 1 is 1.26 bits per heavy atom. The molecule has 0 radical (unpaired) electrons. The van der Waals surface area contributed by atoms with E-state index in [-0.39, 0.29) is 0 Å². The average molecular weight is 276 g/mol. The number of pyridine rings is 1. The summed E-state index contributed by atoms with van der Waals surface area (Å²) in [6, 6.07) is 5.48. The monoisotopic (exact) mass is 276 g/mol. The third-order valence-corrected chi connectivity index (χ3v) is 3.07. The van der Waals surface area contributed by atoms with Gasteiger partial charge < -0.3 is 10.5 Å². The van der Waals surface area contributed by atoms with Crippen molar-refractivity contribution in [2.45, 2.75) is 23.9 Å². The summed E-state index contributed by atoms with van der Waals surface area (Å²) in [6.07, 6.45) is 3.21. The lowest BCUT2D eigenvalue weighted by molar-refractivity contribution is 0.261. The third kappa shape index (κ3) is 4.10. The van der Waals surface area contributed by atoms with E-state index in [1.54, 1.807) is 12.3 Å². The van der Waals surface area contributed by atoms with Gasteiger partial charge in [0.05, 0.1) is 12.3 Å². The van der Waals surface area contributed by atoms with Gasteiger partial charge in [0.2, 0.25) is 5.88 Å². The van der Waals surface area contributed by atoms with Crippen LogP contribution in [0, 0.1) is 5.92 Å². The van der Waals surface area contributed by atoms with Crippen LogP contribution in [-0.2, 0) is 0 Å². The van der Waals surface area contributed by atoms with E-state index < -0.39 is 0 Å². The lowest BCUT2D eigenvalue weighted by Gasteiger charge is -2.10. The zero-order valence-electron chi connectivity index (χ0n) is 10.9. The van der Waals surface area contributed by atoms with Crippen LogP contribution in [0.15, 0.2) is 40.8 Å². The number of aromatic nitrogens is 3. The first-order chi connectivity index (χ1) is 9.15. The molecule has 2 aromatic rings. The first kappa shape index (κ1) is 13.6. The molecule has 0 saturated carbocycles. The van der Waals surface area contributed by atoms with E-state index in [1.165, 1.54) is 18.1 Å². The van der Waals surface area contributed by atoms with Gasteiger partial charge in [-0.3, -0.25) is 0 Å². The molecule has 0 amide bonds. The summed E-state index contributed by atoms with van der Waals surface area (Å²) < 4.78 is 5.59. The molecule has 0 aliphatic carbocycles. The first-order valence-corrected chi connectivity index (χ1v) is 6.80. The fraction of sp³-hybridized carbons (Fsp3) is 0.308. The van der Waals surface area contributed by atoms with Crippen LogP contribution < -0.4 is 10.5 Å². The Labute approximate surface area is 116 Å². The molecule has 0 fully saturated rings. The van der Waals surface area contributed by atoms with E-state index in [1.807, 2.05) is 12.1 Å². The Morgan fingerprint density at radius 2 is 2.11 bits per heavy atom. The van der Waals surface area contributed by atoms with Crippen LogP contribution in [-0.4, -0.2) is 21.6 Å². The first-order valence-electron chi connectivity index (χ1n) is 5.98. The normalized spacial score (nSPS) is 10.7. The van der Waals surface area contributed by atoms with Crippen molar-refractivity contribution in [2.24, 2.45) is 5.92 Å². The minimum Gasteiger partial charge on any atom is -0.476 e. The highest BCUT2D eigenvalue weighted by molar-refractivity contribution is 7.99. The molecule has 0 bridgehead atoms. The molecular weight excluding hydrogens is 260 g/mol. The number of nitrogen functional groups attached to an aromatic ring is 1. The van der Waals surface area contributed by atoms with Crippen LogP contribution >= 0.6 is 11.8 Å². The number of hydrogen-bond donors (Lipinski definition) is 1. The lowest BCUT2D eigenvalue weighted by Crippen LogP contribution is -2.07. The molecule has 2 heterocycles. The summed E-state index contributed by atoms with van der Waals surface area (Å²) in [5.74, 6) is 0.909. The molecule has 2 aromatic heterocycles. The van der Waals surface area contributed by atoms with Gasteiger partial charge >= 0.3 is 0 Å². The minimum absolute atomic E-state index is 0.430. The van der Waals surface area contributed by atoms with Gasteiger partial charge in [0, 0.05) is 6.20 Å². The highest BCUT2D eigenvalue weighted by Crippen LogP contribution is 2.28. The lowest BCUT2D eigenvalue weighted by atomic mass is 10.2. The topological polar surface area (TPSA) is 73.9 Å². The van der Waals surface area contributed by atoms with Gasteiger partial charge in [0.1, 0.15) is 16.4 Å². The van der Waals surface area contributed by atoms with E-state index in [0.29, 0.717) is 24.1 Å². The van der Waals surface area contributed by atoms with Crippen molar-refractivity contribution < 1.29 is 4.74 Å². The zero-order valence-corrected chi connectivity index (χ0v) is 11.7. The van der Waals surface area contributed by atoms with E-state index in [0.717, 1.165) is 10.1 Å². The molecule has 0 aromatic carbocycles. The summed E-state index contributed by atoms with van der Waals surface area (Å²) in [5, 5.41) is 1.63. The molecule has 100 valence electrons. The number of ether oxygens (including phenoxy) is 1. The Hall–Kier alpha value is -1.82. The predicted octanol–water partition coefficient (Wildman–Crippen LogP) is 2.64. The summed E-state index contributed by atoms with van der Waals surface area (Å²) in [7, 11) is 0. The number of rotatable bonds is 5. The van der Waals surface area contributed by atoms with E-state index in [2.05, 4.69) is 28.8 Å². The molecule has 0 unspecified atom stereocenters. The Balaban J connectivity index is 2.12. The van der Waals surface area contributed by atoms with Crippen LogP contribution in [0.2, 0.25) is 0 Å². The van der Waals surface area contributed by atoms with Crippen molar-refractivity contribution in [1.82, 2.24) is 15.0 Å². The molecule has 0 aliphatic rings. The maximum absolute atomic E-state index is 5.85. The Bertz CT molecular complexity index is 533. The smallest absolute Gasteiger partial charge is 0.238 e. The summed E-state index contributed by atoms with van der Waals surface area (Å²) >= 11 is 1.45. The number of nitrogens with two attached hydrogens (primary N) is 1. The highest BCUT2D eigenvalue weighted by atomic mass is 32.2. The number of hydrogen-bond acceptors (Lipinski definition) is 6. The van der Waals surface area contributed by atoms with Crippen molar-refractivity contribution >= 4 is 17.4 Å². The molecule has 2 N–H and O–H groups in total. The molecule has 0 spiro atoms. The van der Waals surface area contributed by atoms with E-state index in [9.17, 15) is 0 Å². The highest BCUT2D eigenvalue weighted by Gasteiger charge is 2.07. The van der Waals surface area contributed by atoms with Gasteiger partial charge in [0.25, 0.3) is 0 Å². The maximum atomic E-state index is 5.85. The van der Waals surface area contributed by atoms with E-state index >= 15 is 0 Å². The molecule has 0 saturated heterocycles. The van der Waals surface area contributed by atoms with Crippen LogP contribution in [0.3, 0.4) is 0 Å². The van der Waals surface area contributed by atoms with Crippen molar-refractivity contribution in [3.8, 4) is 5.88 Å². The second-order valence-electron chi connectivity index (χ2n) is 4.40. The van der Waals surface area contributed by atoms with Gasteiger partial charge in [-0.05, 0) is 35.9 Å². The maximum Gasteiger partial charge on any atom is 0.238 e. The third-order valence-electron chi connectivity index (χ3n) is 2.18. The second-order valence-corrected chi connectivity index (χ2v) is 5.44. The van der Waals surface area contributed by atoms with Crippen LogP contribution in [0.5, 0.6) is 5.88 Å². The summed E-state index contributed by atoms with van der Waals surface area (Å²) in [6.45, 7) is 4.75. The molecular formula is C13H16N4OS. The van der Waals surface area contributed by atoms with Gasteiger partial charge in [0.15, 0.2) is 0 Å². The van der Waals surface area contributed by atoms with Crippen molar-refractivity contribution in [3.05, 3.63) is 30.7 Å². The van der Waals surface area contributed by atoms with Crippen LogP contribution in [0.25, 0.3) is 0 Å². The fourth-order valence-electron chi connectivity index (χ4n) is 1.30. The van der Waals surface area contributed by atoms with Gasteiger partial charge in [-0.15, -0.1) is 0 Å². The zero-order chi connectivity index (χ0) is 13.7. The molecule has 19 heavy (non-hydrogen) atoms. The molecule has 0 atom stereocenters. The van der Waals surface area contributed by atoms with Crippen LogP contribution in [0.4, 0.5) is 5.69 Å². The van der Waals surface area contributed by atoms with Crippen molar-refractivity contribution in [2.75, 3.05) is 12.3 Å². The fourth-order valence-corrected chi connectivity index (χ4v) is 2.01. The van der Waals surface area contributed by atoms with Crippen molar-refractivity contribution in [1.29, 1.82) is 0 Å². The Kier molecular flexibility index (Phi) is 4.57. The second kappa shape index (κ2) is 6.38. The number of nitrogens with zero attached hydrogens (tertiary/aromatic N) is 3. The van der Waals surface area contributed by atoms with Crippen molar-refractivity contribution in [3.63, 3.8) is 0 Å². The average Bonchev–Trinajstić information content (AvgIpc) is 2.40. The van der Waals surface area contributed by atoms with Gasteiger partial charge in [-0.2, -0.15) is 0 Å². The van der Waals surface area contributed by atoms with Crippen LogP contribution in [0.1, 0.15) is 13.8 Å². The molecule has 5 nitrogen and oxygen atoms in total. The Morgan fingerprint density at radius 3 is 2.79 bits per heavy atom. The minimum atomic E-state index is 0.430. The largest absolute Gasteiger partial charge is 0.476 e. The molecule has 6 heteroatoms. The van der Waals surface area contributed by atoms with E-state index in [4.69, 9.17) is 10.5 Å². The summed E-state index contributed by atoms with van der Waals surface area (Å²) in [5.41, 5.74) is 6.40. The molecule has 0 aliphatic heterocycles. The molecule has 2 rings (SSSR count). The van der Waals surface area contributed by atoms with Gasteiger partial charge in [-0.1, -0.05) is 13.8 Å². The number of anilines is 1. The standard InChI is InChI=1S/C13H16N4OS/c1-9(2)7-18-13-10(14)3-4-12(17-13)19-11-5-6-15-8-16-11/h3-6,8-9H,7,14H2,1-2H3. The predicted molar refractivity (Wildman–Crippen MR) is 75.1 cm³/mol. The summed E-state index contributed by atoms with van der Waals surface area (Å²) in [4.78, 5) is 12.4. The van der Waals surface area contributed by atoms with Gasteiger partial charge in [-0.25, -0.2) is 15.0 Å². The SMILES string of the molecule is CC(C)COc1nc(Sc2ccncn2)ccc1N.